The van der Waals surface area contributed by atoms with Gasteiger partial charge in [0.05, 0.1) is 0 Å². The number of thioether (sulfide) groups is 1. The van der Waals surface area contributed by atoms with Gasteiger partial charge in [-0.05, 0) is 25.8 Å². The number of rotatable bonds is 5. The molecule has 2 unspecified atom stereocenters. The van der Waals surface area contributed by atoms with Gasteiger partial charge in [-0.3, -0.25) is 0 Å². The van der Waals surface area contributed by atoms with Crippen LogP contribution in [-0.2, 0) is 0 Å². The maximum atomic E-state index is 6.08. The van der Waals surface area contributed by atoms with Crippen LogP contribution in [0.3, 0.4) is 0 Å². The second kappa shape index (κ2) is 6.21. The average Bonchev–Trinajstić information content (AvgIpc) is 2.23. The van der Waals surface area contributed by atoms with Crippen LogP contribution in [0.4, 0.5) is 0 Å². The minimum absolute atomic E-state index is 0.222. The monoisotopic (exact) mass is 239 g/mol. The molecule has 0 amide bonds. The minimum Gasteiger partial charge on any atom is -0.327 e. The maximum Gasteiger partial charge on any atom is 0.188 e. The molecular formula is C12H21N3S. The van der Waals surface area contributed by atoms with Gasteiger partial charge in [-0.1, -0.05) is 32.0 Å². The van der Waals surface area contributed by atoms with E-state index in [-0.39, 0.29) is 6.04 Å². The van der Waals surface area contributed by atoms with E-state index >= 15 is 0 Å². The number of aromatic nitrogens is 2. The summed E-state index contributed by atoms with van der Waals surface area (Å²) in [5, 5.41) is 0.844. The van der Waals surface area contributed by atoms with E-state index in [1.54, 1.807) is 11.8 Å². The van der Waals surface area contributed by atoms with Crippen molar-refractivity contribution in [2.24, 2.45) is 11.7 Å². The SMILES string of the molecule is CCC(C)C(N)CSc1nc(C)cc(C)n1. The fourth-order valence-electron chi connectivity index (χ4n) is 1.40. The van der Waals surface area contributed by atoms with Crippen molar-refractivity contribution in [2.45, 2.75) is 45.3 Å². The third kappa shape index (κ3) is 4.10. The van der Waals surface area contributed by atoms with Gasteiger partial charge in [0.1, 0.15) is 0 Å². The van der Waals surface area contributed by atoms with E-state index in [0.29, 0.717) is 5.92 Å². The van der Waals surface area contributed by atoms with Crippen LogP contribution in [0.2, 0.25) is 0 Å². The second-order valence-corrected chi connectivity index (χ2v) is 5.28. The summed E-state index contributed by atoms with van der Waals surface area (Å²) in [7, 11) is 0. The molecule has 1 aromatic heterocycles. The van der Waals surface area contributed by atoms with E-state index in [2.05, 4.69) is 23.8 Å². The maximum absolute atomic E-state index is 6.08. The van der Waals surface area contributed by atoms with Crippen LogP contribution in [0, 0.1) is 19.8 Å². The Hall–Kier alpha value is -0.610. The third-order valence-corrected chi connectivity index (χ3v) is 3.73. The van der Waals surface area contributed by atoms with E-state index in [1.807, 2.05) is 19.9 Å². The molecule has 0 radical (unpaired) electrons. The van der Waals surface area contributed by atoms with E-state index < -0.39 is 0 Å². The van der Waals surface area contributed by atoms with Gasteiger partial charge in [-0.2, -0.15) is 0 Å². The quantitative estimate of drug-likeness (QED) is 0.634. The summed E-state index contributed by atoms with van der Waals surface area (Å²) in [5.74, 6) is 1.44. The number of nitrogens with zero attached hydrogens (tertiary/aromatic N) is 2. The first kappa shape index (κ1) is 13.5. The smallest absolute Gasteiger partial charge is 0.188 e. The molecular weight excluding hydrogens is 218 g/mol. The molecule has 4 heteroatoms. The molecule has 0 bridgehead atoms. The Morgan fingerprint density at radius 3 is 2.38 bits per heavy atom. The predicted molar refractivity (Wildman–Crippen MR) is 69.7 cm³/mol. The molecule has 0 spiro atoms. The van der Waals surface area contributed by atoms with Crippen molar-refractivity contribution < 1.29 is 0 Å². The van der Waals surface area contributed by atoms with Crippen LogP contribution in [-0.4, -0.2) is 21.8 Å². The topological polar surface area (TPSA) is 51.8 Å². The molecule has 0 aliphatic carbocycles. The van der Waals surface area contributed by atoms with Crippen LogP contribution in [0.1, 0.15) is 31.7 Å². The highest BCUT2D eigenvalue weighted by Gasteiger charge is 2.12. The minimum atomic E-state index is 0.222. The number of hydrogen-bond acceptors (Lipinski definition) is 4. The fraction of sp³-hybridized carbons (Fsp3) is 0.667. The largest absolute Gasteiger partial charge is 0.327 e. The van der Waals surface area contributed by atoms with Crippen LogP contribution in [0.5, 0.6) is 0 Å². The van der Waals surface area contributed by atoms with E-state index in [1.165, 1.54) is 0 Å². The number of hydrogen-bond donors (Lipinski definition) is 1. The summed E-state index contributed by atoms with van der Waals surface area (Å²) < 4.78 is 0. The van der Waals surface area contributed by atoms with Crippen molar-refractivity contribution in [1.82, 2.24) is 9.97 Å². The lowest BCUT2D eigenvalue weighted by Gasteiger charge is -2.17. The summed E-state index contributed by atoms with van der Waals surface area (Å²) in [5.41, 5.74) is 8.12. The van der Waals surface area contributed by atoms with Crippen molar-refractivity contribution in [3.05, 3.63) is 17.5 Å². The molecule has 1 aromatic rings. The Labute approximate surface area is 102 Å². The molecule has 1 rings (SSSR count). The molecule has 0 fully saturated rings. The highest BCUT2D eigenvalue weighted by atomic mass is 32.2. The second-order valence-electron chi connectivity index (χ2n) is 4.29. The normalized spacial score (nSPS) is 14.8. The average molecular weight is 239 g/mol. The van der Waals surface area contributed by atoms with Gasteiger partial charge < -0.3 is 5.73 Å². The zero-order valence-electron chi connectivity index (χ0n) is 10.5. The standard InChI is InChI=1S/C12H21N3S/c1-5-8(2)11(13)7-16-12-14-9(3)6-10(4)15-12/h6,8,11H,5,7,13H2,1-4H3. The molecule has 0 aliphatic heterocycles. The Bertz CT molecular complexity index is 321. The van der Waals surface area contributed by atoms with Gasteiger partial charge in [0.25, 0.3) is 0 Å². The molecule has 16 heavy (non-hydrogen) atoms. The number of nitrogens with two attached hydrogens (primary N) is 1. The molecule has 2 N–H and O–H groups in total. The first-order chi connectivity index (χ1) is 7.52. The zero-order valence-corrected chi connectivity index (χ0v) is 11.3. The highest BCUT2D eigenvalue weighted by Crippen LogP contribution is 2.18. The van der Waals surface area contributed by atoms with Crippen LogP contribution in [0.25, 0.3) is 0 Å². The van der Waals surface area contributed by atoms with Gasteiger partial charge >= 0.3 is 0 Å². The molecule has 0 aliphatic rings. The molecule has 0 saturated carbocycles. The molecule has 1 heterocycles. The lowest BCUT2D eigenvalue weighted by molar-refractivity contribution is 0.475. The van der Waals surface area contributed by atoms with E-state index in [9.17, 15) is 0 Å². The molecule has 90 valence electrons. The van der Waals surface area contributed by atoms with Gasteiger partial charge in [0.2, 0.25) is 0 Å². The Morgan fingerprint density at radius 1 is 1.31 bits per heavy atom. The zero-order chi connectivity index (χ0) is 12.1. The first-order valence-corrected chi connectivity index (χ1v) is 6.72. The lowest BCUT2D eigenvalue weighted by atomic mass is 10.0. The first-order valence-electron chi connectivity index (χ1n) is 5.73. The molecule has 3 nitrogen and oxygen atoms in total. The summed E-state index contributed by atoms with van der Waals surface area (Å²) in [6, 6.07) is 2.21. The molecule has 0 aromatic carbocycles. The van der Waals surface area contributed by atoms with Crippen molar-refractivity contribution in [3.8, 4) is 0 Å². The Kier molecular flexibility index (Phi) is 5.22. The highest BCUT2D eigenvalue weighted by molar-refractivity contribution is 7.99. The van der Waals surface area contributed by atoms with Crippen LogP contribution < -0.4 is 5.73 Å². The van der Waals surface area contributed by atoms with Gasteiger partial charge in [0, 0.05) is 23.2 Å². The van der Waals surface area contributed by atoms with Gasteiger partial charge in [-0.15, -0.1) is 0 Å². The van der Waals surface area contributed by atoms with E-state index in [0.717, 1.165) is 28.7 Å². The van der Waals surface area contributed by atoms with E-state index in [4.69, 9.17) is 5.73 Å². The van der Waals surface area contributed by atoms with Crippen LogP contribution in [0.15, 0.2) is 11.2 Å². The Morgan fingerprint density at radius 2 is 1.88 bits per heavy atom. The van der Waals surface area contributed by atoms with Crippen molar-refractivity contribution in [1.29, 1.82) is 0 Å². The summed E-state index contributed by atoms with van der Waals surface area (Å²) in [4.78, 5) is 8.77. The lowest BCUT2D eigenvalue weighted by Crippen LogP contribution is -2.30. The van der Waals surface area contributed by atoms with Crippen molar-refractivity contribution >= 4 is 11.8 Å². The van der Waals surface area contributed by atoms with Gasteiger partial charge in [0.15, 0.2) is 5.16 Å². The third-order valence-electron chi connectivity index (χ3n) is 2.74. The summed E-state index contributed by atoms with van der Waals surface area (Å²) in [6.07, 6.45) is 1.12. The summed E-state index contributed by atoms with van der Waals surface area (Å²) in [6.45, 7) is 8.34. The van der Waals surface area contributed by atoms with Crippen molar-refractivity contribution in [2.75, 3.05) is 5.75 Å². The van der Waals surface area contributed by atoms with Crippen molar-refractivity contribution in [3.63, 3.8) is 0 Å². The molecule has 2 atom stereocenters. The Balaban J connectivity index is 2.54. The molecule has 0 saturated heterocycles. The van der Waals surface area contributed by atoms with Crippen LogP contribution >= 0.6 is 11.8 Å². The number of aryl methyl sites for hydroxylation is 2. The summed E-state index contributed by atoms with van der Waals surface area (Å²) >= 11 is 1.65. The fourth-order valence-corrected chi connectivity index (χ4v) is 2.48. The van der Waals surface area contributed by atoms with Gasteiger partial charge in [-0.25, -0.2) is 9.97 Å². The predicted octanol–water partition coefficient (Wildman–Crippen LogP) is 2.56.